The van der Waals surface area contributed by atoms with Gasteiger partial charge in [0, 0.05) is 11.5 Å². The number of aryl methyl sites for hydroxylation is 2. The van der Waals surface area contributed by atoms with Crippen molar-refractivity contribution < 1.29 is 19.8 Å². The Morgan fingerprint density at radius 3 is 2.14 bits per heavy atom. The second kappa shape index (κ2) is 5.15. The highest BCUT2D eigenvalue weighted by Gasteiger charge is 2.48. The minimum atomic E-state index is -1.10. The van der Waals surface area contributed by atoms with Gasteiger partial charge in [-0.3, -0.25) is 4.79 Å². The van der Waals surface area contributed by atoms with Gasteiger partial charge in [-0.2, -0.15) is 0 Å². The van der Waals surface area contributed by atoms with Crippen LogP contribution in [0.4, 0.5) is 0 Å². The molecule has 2 rings (SSSR count). The van der Waals surface area contributed by atoms with Crippen molar-refractivity contribution in [2.45, 2.75) is 46.3 Å². The number of rotatable bonds is 3. The molecular formula is C16H21NO4. The van der Waals surface area contributed by atoms with Gasteiger partial charge in [0.2, 0.25) is 0 Å². The van der Waals surface area contributed by atoms with Crippen LogP contribution in [0.25, 0.3) is 0 Å². The number of aliphatic hydroxyl groups is 1. The fourth-order valence-electron chi connectivity index (χ4n) is 2.76. The first-order valence-corrected chi connectivity index (χ1v) is 6.98. The molecule has 0 bridgehead atoms. The van der Waals surface area contributed by atoms with Crippen molar-refractivity contribution in [3.05, 3.63) is 34.4 Å². The van der Waals surface area contributed by atoms with Crippen LogP contribution in [0, 0.1) is 19.3 Å². The van der Waals surface area contributed by atoms with Crippen LogP contribution in [0.3, 0.4) is 0 Å². The highest BCUT2D eigenvalue weighted by molar-refractivity contribution is 6.06. The molecule has 0 aliphatic heterocycles. The molecule has 2 unspecified atom stereocenters. The molecule has 5 nitrogen and oxygen atoms in total. The molecule has 1 aliphatic rings. The predicted molar refractivity (Wildman–Crippen MR) is 78.5 cm³/mol. The highest BCUT2D eigenvalue weighted by atomic mass is 16.4. The maximum absolute atomic E-state index is 12.5. The molecular weight excluding hydrogens is 270 g/mol. The Labute approximate surface area is 124 Å². The van der Waals surface area contributed by atoms with Crippen molar-refractivity contribution >= 4 is 11.9 Å². The zero-order valence-corrected chi connectivity index (χ0v) is 12.7. The lowest BCUT2D eigenvalue weighted by atomic mass is 9.64. The van der Waals surface area contributed by atoms with E-state index < -0.39 is 23.4 Å². The molecule has 2 atom stereocenters. The van der Waals surface area contributed by atoms with Crippen molar-refractivity contribution in [2.24, 2.45) is 5.41 Å². The van der Waals surface area contributed by atoms with E-state index in [2.05, 4.69) is 5.32 Å². The number of hydrogen-bond donors (Lipinski definition) is 3. The average molecular weight is 291 g/mol. The second-order valence-electron chi connectivity index (χ2n) is 6.35. The number of carbonyl (C=O) groups is 2. The minimum Gasteiger partial charge on any atom is -0.478 e. The molecule has 1 fully saturated rings. The van der Waals surface area contributed by atoms with Crippen LogP contribution >= 0.6 is 0 Å². The van der Waals surface area contributed by atoms with E-state index in [1.54, 1.807) is 26.0 Å². The van der Waals surface area contributed by atoms with Crippen molar-refractivity contribution in [3.8, 4) is 0 Å². The van der Waals surface area contributed by atoms with Crippen molar-refractivity contribution in [2.75, 3.05) is 0 Å². The van der Waals surface area contributed by atoms with Crippen LogP contribution in [0.1, 0.15) is 52.1 Å². The molecule has 3 N–H and O–H groups in total. The third-order valence-electron chi connectivity index (χ3n) is 4.58. The normalized spacial score (nSPS) is 23.3. The summed E-state index contributed by atoms with van der Waals surface area (Å²) in [6.07, 6.45) is 0.0480. The van der Waals surface area contributed by atoms with Crippen LogP contribution < -0.4 is 5.32 Å². The zero-order valence-electron chi connectivity index (χ0n) is 12.7. The van der Waals surface area contributed by atoms with Gasteiger partial charge in [-0.15, -0.1) is 0 Å². The number of aliphatic hydroxyl groups excluding tert-OH is 1. The topological polar surface area (TPSA) is 86.6 Å². The summed E-state index contributed by atoms with van der Waals surface area (Å²) in [5, 5.41) is 21.9. The van der Waals surface area contributed by atoms with E-state index in [9.17, 15) is 19.8 Å². The Morgan fingerprint density at radius 1 is 1.19 bits per heavy atom. The molecule has 0 aromatic heterocycles. The van der Waals surface area contributed by atoms with Crippen molar-refractivity contribution in [3.63, 3.8) is 0 Å². The number of carbonyl (C=O) groups excluding carboxylic acids is 1. The molecule has 114 valence electrons. The lowest BCUT2D eigenvalue weighted by Gasteiger charge is -2.49. The monoisotopic (exact) mass is 291 g/mol. The molecule has 5 heteroatoms. The molecule has 1 aliphatic carbocycles. The Balaban J connectivity index is 2.32. The molecule has 21 heavy (non-hydrogen) atoms. The fraction of sp³-hybridized carbons (Fsp3) is 0.500. The first-order chi connectivity index (χ1) is 9.66. The third kappa shape index (κ3) is 2.53. The lowest BCUT2D eigenvalue weighted by Crippen LogP contribution is -2.61. The number of benzene rings is 1. The Morgan fingerprint density at radius 2 is 1.71 bits per heavy atom. The van der Waals surface area contributed by atoms with E-state index in [1.807, 2.05) is 13.8 Å². The SMILES string of the molecule is Cc1ccc(C)c(C(=O)NC2CC(O)C2(C)C)c1C(=O)O. The quantitative estimate of drug-likeness (QED) is 0.793. The van der Waals surface area contributed by atoms with Crippen LogP contribution in [0.2, 0.25) is 0 Å². The Bertz CT molecular complexity index is 607. The fourth-order valence-corrected chi connectivity index (χ4v) is 2.76. The molecule has 1 amide bonds. The van der Waals surface area contributed by atoms with Crippen LogP contribution in [-0.4, -0.2) is 34.2 Å². The number of carboxylic acids is 1. The molecule has 1 aromatic carbocycles. The Kier molecular flexibility index (Phi) is 3.80. The number of aromatic carboxylic acids is 1. The predicted octanol–water partition coefficient (Wildman–Crippen LogP) is 1.89. The molecule has 1 aromatic rings. The highest BCUT2D eigenvalue weighted by Crippen LogP contribution is 2.40. The van der Waals surface area contributed by atoms with Gasteiger partial charge in [0.1, 0.15) is 0 Å². The van der Waals surface area contributed by atoms with Gasteiger partial charge in [-0.25, -0.2) is 4.79 Å². The number of carboxylic acid groups (broad SMARTS) is 1. The average Bonchev–Trinajstić information content (AvgIpc) is 2.40. The van der Waals surface area contributed by atoms with E-state index in [-0.39, 0.29) is 17.2 Å². The molecule has 1 saturated carbocycles. The summed E-state index contributed by atoms with van der Waals surface area (Å²) in [4.78, 5) is 23.9. The van der Waals surface area contributed by atoms with Gasteiger partial charge in [0.25, 0.3) is 5.91 Å². The zero-order chi connectivity index (χ0) is 15.9. The maximum atomic E-state index is 12.5. The summed E-state index contributed by atoms with van der Waals surface area (Å²) in [5.74, 6) is -1.49. The summed E-state index contributed by atoms with van der Waals surface area (Å²) in [6.45, 7) is 7.17. The first-order valence-electron chi connectivity index (χ1n) is 6.98. The molecule has 0 radical (unpaired) electrons. The molecule has 0 saturated heterocycles. The van der Waals surface area contributed by atoms with E-state index in [0.29, 0.717) is 17.5 Å². The summed E-state index contributed by atoms with van der Waals surface area (Å²) in [7, 11) is 0. The van der Waals surface area contributed by atoms with Crippen molar-refractivity contribution in [1.29, 1.82) is 0 Å². The third-order valence-corrected chi connectivity index (χ3v) is 4.58. The minimum absolute atomic E-state index is 0.0465. The summed E-state index contributed by atoms with van der Waals surface area (Å²) >= 11 is 0. The maximum Gasteiger partial charge on any atom is 0.336 e. The van der Waals surface area contributed by atoms with Gasteiger partial charge in [-0.1, -0.05) is 26.0 Å². The summed E-state index contributed by atoms with van der Waals surface area (Å²) < 4.78 is 0. The van der Waals surface area contributed by atoms with E-state index >= 15 is 0 Å². The number of nitrogens with one attached hydrogen (secondary N) is 1. The van der Waals surface area contributed by atoms with E-state index in [1.165, 1.54) is 0 Å². The summed E-state index contributed by atoms with van der Waals surface area (Å²) in [5.41, 5.74) is 1.06. The van der Waals surface area contributed by atoms with Gasteiger partial charge in [0.15, 0.2) is 0 Å². The largest absolute Gasteiger partial charge is 0.478 e. The lowest BCUT2D eigenvalue weighted by molar-refractivity contribution is -0.0689. The van der Waals surface area contributed by atoms with Crippen molar-refractivity contribution in [1.82, 2.24) is 5.32 Å². The van der Waals surface area contributed by atoms with Gasteiger partial charge in [0.05, 0.1) is 17.2 Å². The first kappa shape index (κ1) is 15.5. The summed E-state index contributed by atoms with van der Waals surface area (Å²) in [6, 6.07) is 3.30. The van der Waals surface area contributed by atoms with E-state index in [4.69, 9.17) is 0 Å². The Hall–Kier alpha value is -1.88. The molecule has 0 heterocycles. The smallest absolute Gasteiger partial charge is 0.336 e. The van der Waals surface area contributed by atoms with Crippen LogP contribution in [-0.2, 0) is 0 Å². The van der Waals surface area contributed by atoms with Gasteiger partial charge in [-0.05, 0) is 31.4 Å². The van der Waals surface area contributed by atoms with Crippen LogP contribution in [0.5, 0.6) is 0 Å². The number of amides is 1. The molecule has 0 spiro atoms. The van der Waals surface area contributed by atoms with E-state index in [0.717, 1.165) is 0 Å². The number of hydrogen-bond acceptors (Lipinski definition) is 3. The van der Waals surface area contributed by atoms with Crippen LogP contribution in [0.15, 0.2) is 12.1 Å². The van der Waals surface area contributed by atoms with Gasteiger partial charge >= 0.3 is 5.97 Å². The van der Waals surface area contributed by atoms with Gasteiger partial charge < -0.3 is 15.5 Å². The standard InChI is InChI=1S/C16H21NO4/c1-8-5-6-9(2)13(15(20)21)12(8)14(19)17-10-7-11(18)16(10,3)4/h5-6,10-11,18H,7H2,1-4H3,(H,17,19)(H,20,21). The second-order valence-corrected chi connectivity index (χ2v) is 6.35.